The van der Waals surface area contributed by atoms with E-state index in [1.807, 2.05) is 37.3 Å². The minimum absolute atomic E-state index is 0.00500. The molecule has 2 N–H and O–H groups in total. The maximum absolute atomic E-state index is 12.0. The minimum Gasteiger partial charge on any atom is -0.395 e. The monoisotopic (exact) mass is 236 g/mol. The van der Waals surface area contributed by atoms with Crippen molar-refractivity contribution in [3.05, 3.63) is 35.9 Å². The van der Waals surface area contributed by atoms with Crippen LogP contribution in [0.25, 0.3) is 0 Å². The van der Waals surface area contributed by atoms with Crippen molar-refractivity contribution in [2.75, 3.05) is 20.2 Å². The Labute approximate surface area is 102 Å². The smallest absolute Gasteiger partial charge is 0.239 e. The predicted octanol–water partition coefficient (Wildman–Crippen LogP) is 0.615. The van der Waals surface area contributed by atoms with Gasteiger partial charge in [0.1, 0.15) is 0 Å². The SMILES string of the molecule is CNC(C)C(=O)N(CCO)Cc1ccccc1. The number of hydrogen-bond donors (Lipinski definition) is 2. The van der Waals surface area contributed by atoms with Gasteiger partial charge in [0.25, 0.3) is 0 Å². The Morgan fingerprint density at radius 1 is 1.41 bits per heavy atom. The highest BCUT2D eigenvalue weighted by atomic mass is 16.3. The fourth-order valence-electron chi connectivity index (χ4n) is 1.59. The highest BCUT2D eigenvalue weighted by Gasteiger charge is 2.18. The highest BCUT2D eigenvalue weighted by Crippen LogP contribution is 2.05. The van der Waals surface area contributed by atoms with Gasteiger partial charge < -0.3 is 15.3 Å². The second kappa shape index (κ2) is 7.04. The lowest BCUT2D eigenvalue weighted by atomic mass is 10.2. The topological polar surface area (TPSA) is 52.6 Å². The van der Waals surface area contributed by atoms with E-state index < -0.39 is 0 Å². The van der Waals surface area contributed by atoms with Gasteiger partial charge in [-0.25, -0.2) is 0 Å². The molecule has 1 aromatic rings. The van der Waals surface area contributed by atoms with E-state index in [2.05, 4.69) is 5.32 Å². The number of hydrogen-bond acceptors (Lipinski definition) is 3. The third-order valence-corrected chi connectivity index (χ3v) is 2.70. The van der Waals surface area contributed by atoms with Crippen molar-refractivity contribution < 1.29 is 9.90 Å². The number of nitrogens with zero attached hydrogens (tertiary/aromatic N) is 1. The Morgan fingerprint density at radius 3 is 2.59 bits per heavy atom. The molecule has 94 valence electrons. The lowest BCUT2D eigenvalue weighted by Crippen LogP contribution is -2.44. The van der Waals surface area contributed by atoms with Crippen molar-refractivity contribution >= 4 is 5.91 Å². The van der Waals surface area contributed by atoms with E-state index in [4.69, 9.17) is 5.11 Å². The summed E-state index contributed by atoms with van der Waals surface area (Å²) in [6.07, 6.45) is 0. The van der Waals surface area contributed by atoms with E-state index in [0.29, 0.717) is 13.1 Å². The number of aliphatic hydroxyl groups excluding tert-OH is 1. The molecule has 1 atom stereocenters. The van der Waals surface area contributed by atoms with Crippen LogP contribution in [0.3, 0.4) is 0 Å². The molecule has 0 heterocycles. The Morgan fingerprint density at radius 2 is 2.06 bits per heavy atom. The number of carbonyl (C=O) groups is 1. The van der Waals surface area contributed by atoms with Crippen LogP contribution in [0.4, 0.5) is 0 Å². The van der Waals surface area contributed by atoms with Crippen LogP contribution in [0.2, 0.25) is 0 Å². The van der Waals surface area contributed by atoms with Gasteiger partial charge in [0.2, 0.25) is 5.91 Å². The van der Waals surface area contributed by atoms with Crippen molar-refractivity contribution in [2.24, 2.45) is 0 Å². The Bertz CT molecular complexity index is 341. The summed E-state index contributed by atoms with van der Waals surface area (Å²) in [6.45, 7) is 2.69. The predicted molar refractivity (Wildman–Crippen MR) is 67.5 cm³/mol. The van der Waals surface area contributed by atoms with Crippen LogP contribution >= 0.6 is 0 Å². The number of nitrogens with one attached hydrogen (secondary N) is 1. The Hall–Kier alpha value is -1.39. The molecule has 0 aliphatic carbocycles. The molecule has 0 spiro atoms. The largest absolute Gasteiger partial charge is 0.395 e. The normalized spacial score (nSPS) is 12.2. The average molecular weight is 236 g/mol. The molecule has 0 aliphatic heterocycles. The van der Waals surface area contributed by atoms with E-state index >= 15 is 0 Å². The number of benzene rings is 1. The van der Waals surface area contributed by atoms with Crippen molar-refractivity contribution in [1.29, 1.82) is 0 Å². The molecular formula is C13H20N2O2. The number of rotatable bonds is 6. The third-order valence-electron chi connectivity index (χ3n) is 2.70. The summed E-state index contributed by atoms with van der Waals surface area (Å²) in [5, 5.41) is 11.9. The fraction of sp³-hybridized carbons (Fsp3) is 0.462. The van der Waals surface area contributed by atoms with Crippen LogP contribution in [-0.2, 0) is 11.3 Å². The van der Waals surface area contributed by atoms with E-state index in [1.54, 1.807) is 11.9 Å². The number of likely N-dealkylation sites (N-methyl/N-ethyl adjacent to an activating group) is 1. The van der Waals surface area contributed by atoms with Gasteiger partial charge in [-0.3, -0.25) is 4.79 Å². The van der Waals surface area contributed by atoms with E-state index in [0.717, 1.165) is 5.56 Å². The molecule has 1 amide bonds. The van der Waals surface area contributed by atoms with E-state index in [9.17, 15) is 4.79 Å². The molecule has 1 unspecified atom stereocenters. The third kappa shape index (κ3) is 4.17. The van der Waals surface area contributed by atoms with Crippen LogP contribution in [0.1, 0.15) is 12.5 Å². The lowest BCUT2D eigenvalue weighted by Gasteiger charge is -2.25. The molecule has 1 rings (SSSR count). The van der Waals surface area contributed by atoms with Crippen molar-refractivity contribution in [1.82, 2.24) is 10.2 Å². The van der Waals surface area contributed by atoms with Gasteiger partial charge >= 0.3 is 0 Å². The molecule has 0 aromatic heterocycles. The van der Waals surface area contributed by atoms with Gasteiger partial charge in [0.15, 0.2) is 0 Å². The van der Waals surface area contributed by atoms with Crippen LogP contribution < -0.4 is 5.32 Å². The first-order valence-electron chi connectivity index (χ1n) is 5.80. The van der Waals surface area contributed by atoms with Gasteiger partial charge in [0, 0.05) is 13.1 Å². The highest BCUT2D eigenvalue weighted by molar-refractivity contribution is 5.81. The standard InChI is InChI=1S/C13H20N2O2/c1-11(14-2)13(17)15(8-9-16)10-12-6-4-3-5-7-12/h3-7,11,14,16H,8-10H2,1-2H3. The molecule has 0 radical (unpaired) electrons. The van der Waals surface area contributed by atoms with Gasteiger partial charge in [-0.1, -0.05) is 30.3 Å². The first kappa shape index (κ1) is 13.7. The van der Waals surface area contributed by atoms with Crippen molar-refractivity contribution in [3.8, 4) is 0 Å². The maximum Gasteiger partial charge on any atom is 0.239 e. The molecular weight excluding hydrogens is 216 g/mol. The summed E-state index contributed by atoms with van der Waals surface area (Å²) in [4.78, 5) is 13.7. The fourth-order valence-corrected chi connectivity index (χ4v) is 1.59. The van der Waals surface area contributed by atoms with Crippen molar-refractivity contribution in [2.45, 2.75) is 19.5 Å². The summed E-state index contributed by atoms with van der Waals surface area (Å²) < 4.78 is 0. The number of carbonyl (C=O) groups excluding carboxylic acids is 1. The van der Waals surface area contributed by atoms with Crippen LogP contribution in [0.5, 0.6) is 0 Å². The summed E-state index contributed by atoms with van der Waals surface area (Å²) >= 11 is 0. The van der Waals surface area contributed by atoms with Gasteiger partial charge in [-0.05, 0) is 19.5 Å². The zero-order valence-corrected chi connectivity index (χ0v) is 10.4. The molecule has 0 saturated heterocycles. The number of amides is 1. The molecule has 0 saturated carbocycles. The molecule has 0 aliphatic rings. The zero-order valence-electron chi connectivity index (χ0n) is 10.4. The Balaban J connectivity index is 2.69. The maximum atomic E-state index is 12.0. The van der Waals surface area contributed by atoms with Crippen molar-refractivity contribution in [3.63, 3.8) is 0 Å². The molecule has 1 aromatic carbocycles. The molecule has 4 nitrogen and oxygen atoms in total. The van der Waals surface area contributed by atoms with Gasteiger partial charge in [-0.15, -0.1) is 0 Å². The lowest BCUT2D eigenvalue weighted by molar-refractivity contribution is -0.134. The number of aliphatic hydroxyl groups is 1. The van der Waals surface area contributed by atoms with E-state index in [-0.39, 0.29) is 18.6 Å². The quantitative estimate of drug-likeness (QED) is 0.761. The molecule has 4 heteroatoms. The summed E-state index contributed by atoms with van der Waals surface area (Å²) in [7, 11) is 1.75. The second-order valence-electron chi connectivity index (χ2n) is 3.98. The summed E-state index contributed by atoms with van der Waals surface area (Å²) in [6, 6.07) is 9.54. The first-order chi connectivity index (χ1) is 8.19. The van der Waals surface area contributed by atoms with Gasteiger partial charge in [0.05, 0.1) is 12.6 Å². The molecule has 17 heavy (non-hydrogen) atoms. The van der Waals surface area contributed by atoms with Crippen LogP contribution in [-0.4, -0.2) is 42.2 Å². The Kier molecular flexibility index (Phi) is 5.66. The summed E-state index contributed by atoms with van der Waals surface area (Å²) in [5.74, 6) is 0.00500. The second-order valence-corrected chi connectivity index (χ2v) is 3.98. The van der Waals surface area contributed by atoms with Crippen LogP contribution in [0, 0.1) is 0 Å². The average Bonchev–Trinajstić information content (AvgIpc) is 2.37. The van der Waals surface area contributed by atoms with E-state index in [1.165, 1.54) is 0 Å². The first-order valence-corrected chi connectivity index (χ1v) is 5.80. The minimum atomic E-state index is -0.231. The summed E-state index contributed by atoms with van der Waals surface area (Å²) in [5.41, 5.74) is 1.07. The zero-order chi connectivity index (χ0) is 12.7. The van der Waals surface area contributed by atoms with Crippen LogP contribution in [0.15, 0.2) is 30.3 Å². The molecule has 0 bridgehead atoms. The molecule has 0 fully saturated rings. The van der Waals surface area contributed by atoms with Gasteiger partial charge in [-0.2, -0.15) is 0 Å².